The fourth-order valence-corrected chi connectivity index (χ4v) is 12.7. The predicted octanol–water partition coefficient (Wildman–Crippen LogP) is 21.3. The van der Waals surface area contributed by atoms with Gasteiger partial charge in [-0.25, -0.2) is 9.13 Å². The van der Waals surface area contributed by atoms with Crippen molar-refractivity contribution in [2.75, 3.05) is 39.6 Å². The number of carbonyl (C=O) groups is 4. The molecule has 0 radical (unpaired) electrons. The minimum absolute atomic E-state index is 0.105. The van der Waals surface area contributed by atoms with E-state index in [1.54, 1.807) is 0 Å². The van der Waals surface area contributed by atoms with E-state index in [1.165, 1.54) is 167 Å². The zero-order chi connectivity index (χ0) is 68.9. The molecule has 0 aliphatic carbocycles. The lowest BCUT2D eigenvalue weighted by atomic mass is 9.99. The van der Waals surface area contributed by atoms with E-state index in [-0.39, 0.29) is 25.7 Å². The number of ether oxygens (including phenoxy) is 4. The van der Waals surface area contributed by atoms with Gasteiger partial charge in [0.05, 0.1) is 26.4 Å². The minimum atomic E-state index is -4.96. The Kier molecular flexibility index (Phi) is 62.2. The topological polar surface area (TPSA) is 237 Å². The van der Waals surface area contributed by atoms with Crippen molar-refractivity contribution in [2.24, 2.45) is 23.7 Å². The lowest BCUT2D eigenvalue weighted by Crippen LogP contribution is -2.30. The molecule has 0 aromatic carbocycles. The average Bonchev–Trinajstić information content (AvgIpc) is 3.39. The van der Waals surface area contributed by atoms with Gasteiger partial charge in [-0.1, -0.05) is 319 Å². The third-order valence-electron chi connectivity index (χ3n) is 17.8. The summed E-state index contributed by atoms with van der Waals surface area (Å²) >= 11 is 0. The van der Waals surface area contributed by atoms with E-state index in [9.17, 15) is 43.2 Å². The molecule has 0 bridgehead atoms. The number of rotatable bonds is 71. The van der Waals surface area contributed by atoms with Crippen LogP contribution in [0.3, 0.4) is 0 Å². The normalized spacial score (nSPS) is 14.8. The highest BCUT2D eigenvalue weighted by Gasteiger charge is 2.30. The molecule has 0 rings (SSSR count). The van der Waals surface area contributed by atoms with Gasteiger partial charge in [0.15, 0.2) is 12.2 Å². The third-order valence-corrected chi connectivity index (χ3v) is 19.7. The number of aliphatic hydroxyl groups excluding tert-OH is 1. The highest BCUT2D eigenvalue weighted by molar-refractivity contribution is 7.47. The summed E-state index contributed by atoms with van der Waals surface area (Å²) in [5.74, 6) is 0.938. The van der Waals surface area contributed by atoms with Crippen LogP contribution in [-0.4, -0.2) is 96.7 Å². The van der Waals surface area contributed by atoms with Gasteiger partial charge < -0.3 is 33.8 Å². The Morgan fingerprint density at radius 3 is 0.763 bits per heavy atom. The van der Waals surface area contributed by atoms with Crippen molar-refractivity contribution in [1.29, 1.82) is 0 Å². The molecular formula is C74H144O17P2. The standard InChI is InChI=1S/C74H144O17P2/c1-9-66(7)52-44-36-28-24-25-29-38-46-54-71(76)84-60-69(90-73(78)56-48-40-30-22-17-15-13-11-12-14-16-20-26-34-42-50-64(3)4)62-88-92(80,81)86-58-68(75)59-87-93(82,83)89-63-70(61-85-72(77)55-47-39-33-32-37-45-53-67(8)10-2)91-74(79)57-49-41-31-23-19-18-21-27-35-43-51-65(5)6/h64-70,75H,9-63H2,1-8H3,(H,80,81)(H,82,83)/t66?,67?,68-,69-,70-/m1/s1. The number of hydrogen-bond acceptors (Lipinski definition) is 15. The van der Waals surface area contributed by atoms with Crippen LogP contribution in [0.5, 0.6) is 0 Å². The summed E-state index contributed by atoms with van der Waals surface area (Å²) in [4.78, 5) is 72.7. The van der Waals surface area contributed by atoms with E-state index in [0.717, 1.165) is 120 Å². The molecule has 0 amide bonds. The maximum atomic E-state index is 13.1. The molecule has 3 N–H and O–H groups in total. The van der Waals surface area contributed by atoms with Gasteiger partial charge in [0.1, 0.15) is 19.3 Å². The van der Waals surface area contributed by atoms with Crippen molar-refractivity contribution in [3.63, 3.8) is 0 Å². The molecule has 7 atom stereocenters. The minimum Gasteiger partial charge on any atom is -0.462 e. The van der Waals surface area contributed by atoms with Crippen molar-refractivity contribution in [2.45, 2.75) is 388 Å². The van der Waals surface area contributed by atoms with Gasteiger partial charge in [-0.3, -0.25) is 37.3 Å². The number of carbonyl (C=O) groups excluding carboxylic acids is 4. The first-order valence-corrected chi connectivity index (χ1v) is 41.3. The molecule has 0 spiro atoms. The summed E-state index contributed by atoms with van der Waals surface area (Å²) in [6.45, 7) is 14.2. The van der Waals surface area contributed by atoms with Gasteiger partial charge in [-0.15, -0.1) is 0 Å². The van der Waals surface area contributed by atoms with E-state index in [2.05, 4.69) is 55.4 Å². The first kappa shape index (κ1) is 91.1. The number of phosphoric ester groups is 2. The Bertz CT molecular complexity index is 1840. The summed E-state index contributed by atoms with van der Waals surface area (Å²) in [7, 11) is -9.91. The van der Waals surface area contributed by atoms with Crippen molar-refractivity contribution >= 4 is 39.5 Å². The highest BCUT2D eigenvalue weighted by Crippen LogP contribution is 2.45. The van der Waals surface area contributed by atoms with Crippen LogP contribution in [0.1, 0.15) is 370 Å². The Morgan fingerprint density at radius 1 is 0.301 bits per heavy atom. The Hall–Kier alpha value is -1.94. The molecule has 0 saturated heterocycles. The number of hydrogen-bond donors (Lipinski definition) is 3. The summed E-state index contributed by atoms with van der Waals surface area (Å²) < 4.78 is 68.4. The molecule has 93 heavy (non-hydrogen) atoms. The van der Waals surface area contributed by atoms with E-state index in [0.29, 0.717) is 25.7 Å². The van der Waals surface area contributed by atoms with Gasteiger partial charge >= 0.3 is 39.5 Å². The molecule has 0 fully saturated rings. The Balaban J connectivity index is 5.25. The van der Waals surface area contributed by atoms with Crippen LogP contribution >= 0.6 is 15.6 Å². The second-order valence-electron chi connectivity index (χ2n) is 28.1. The van der Waals surface area contributed by atoms with Crippen molar-refractivity contribution in [1.82, 2.24) is 0 Å². The maximum Gasteiger partial charge on any atom is 0.472 e. The molecule has 17 nitrogen and oxygen atoms in total. The highest BCUT2D eigenvalue weighted by atomic mass is 31.2. The van der Waals surface area contributed by atoms with Crippen LogP contribution in [0.2, 0.25) is 0 Å². The first-order valence-electron chi connectivity index (χ1n) is 38.3. The number of aliphatic hydroxyl groups is 1. The molecule has 4 unspecified atom stereocenters. The fraction of sp³-hybridized carbons (Fsp3) is 0.946. The van der Waals surface area contributed by atoms with Crippen LogP contribution in [0, 0.1) is 23.7 Å². The molecular weight excluding hydrogens is 1220 g/mol. The van der Waals surface area contributed by atoms with Crippen molar-refractivity contribution in [3.8, 4) is 0 Å². The molecule has 0 aromatic rings. The second-order valence-corrected chi connectivity index (χ2v) is 31.0. The molecule has 552 valence electrons. The zero-order valence-electron chi connectivity index (χ0n) is 60.9. The number of phosphoric acid groups is 2. The maximum absolute atomic E-state index is 13.1. The summed E-state index contributed by atoms with van der Waals surface area (Å²) in [6.07, 6.45) is 47.2. The second kappa shape index (κ2) is 63.5. The lowest BCUT2D eigenvalue weighted by molar-refractivity contribution is -0.161. The fourth-order valence-electron chi connectivity index (χ4n) is 11.1. The monoisotopic (exact) mass is 1370 g/mol. The zero-order valence-corrected chi connectivity index (χ0v) is 62.7. The Morgan fingerprint density at radius 2 is 0.516 bits per heavy atom. The van der Waals surface area contributed by atoms with Crippen LogP contribution in [0.25, 0.3) is 0 Å². The molecule has 0 saturated carbocycles. The SMILES string of the molecule is CCC(C)CCCCCCCCCCC(=O)OC[C@H](COP(=O)(O)OC[C@@H](O)COP(=O)(O)OC[C@@H](COC(=O)CCCCCCCCC(C)CC)OC(=O)CCCCCCCCCCCCC(C)C)OC(=O)CCCCCCCCCCCCCCCCCC(C)C. The number of unbranched alkanes of at least 4 members (excludes halogenated alkanes) is 35. The molecule has 0 heterocycles. The summed E-state index contributed by atoms with van der Waals surface area (Å²) in [5.41, 5.74) is 0. The van der Waals surface area contributed by atoms with Gasteiger partial charge in [0.2, 0.25) is 0 Å². The van der Waals surface area contributed by atoms with E-state index >= 15 is 0 Å². The van der Waals surface area contributed by atoms with Gasteiger partial charge in [-0.2, -0.15) is 0 Å². The number of esters is 4. The van der Waals surface area contributed by atoms with Crippen LogP contribution in [0.15, 0.2) is 0 Å². The van der Waals surface area contributed by atoms with Crippen LogP contribution in [0.4, 0.5) is 0 Å². The predicted molar refractivity (Wildman–Crippen MR) is 377 cm³/mol. The van der Waals surface area contributed by atoms with E-state index < -0.39 is 97.5 Å². The summed E-state index contributed by atoms with van der Waals surface area (Å²) in [5, 5.41) is 10.6. The van der Waals surface area contributed by atoms with Crippen molar-refractivity contribution < 1.29 is 80.2 Å². The summed E-state index contributed by atoms with van der Waals surface area (Å²) in [6, 6.07) is 0. The van der Waals surface area contributed by atoms with Crippen LogP contribution < -0.4 is 0 Å². The lowest BCUT2D eigenvalue weighted by Gasteiger charge is -2.21. The van der Waals surface area contributed by atoms with Crippen LogP contribution in [-0.2, 0) is 65.4 Å². The Labute approximate surface area is 568 Å². The molecule has 0 aromatic heterocycles. The smallest absolute Gasteiger partial charge is 0.462 e. The van der Waals surface area contributed by atoms with Crippen molar-refractivity contribution in [3.05, 3.63) is 0 Å². The molecule has 19 heteroatoms. The first-order chi connectivity index (χ1) is 44.7. The molecule has 0 aliphatic heterocycles. The third kappa shape index (κ3) is 65.8. The van der Waals surface area contributed by atoms with Gasteiger partial charge in [-0.05, 0) is 49.4 Å². The van der Waals surface area contributed by atoms with Gasteiger partial charge in [0.25, 0.3) is 0 Å². The quantitative estimate of drug-likeness (QED) is 0.0222. The van der Waals surface area contributed by atoms with E-state index in [4.69, 9.17) is 37.0 Å². The largest absolute Gasteiger partial charge is 0.472 e. The van der Waals surface area contributed by atoms with E-state index in [1.807, 2.05) is 0 Å². The average molecular weight is 1370 g/mol. The van der Waals surface area contributed by atoms with Gasteiger partial charge in [0, 0.05) is 25.7 Å². The molecule has 0 aliphatic rings.